The highest BCUT2D eigenvalue weighted by Crippen LogP contribution is 2.32. The molecule has 1 unspecified atom stereocenters. The second-order valence-corrected chi connectivity index (χ2v) is 7.07. The number of nitrogen functional groups attached to an aromatic ring is 1. The number of nitrogens with zero attached hydrogens (tertiary/aromatic N) is 6. The molecule has 1 fully saturated rings. The molecular formula is C19H22N8. The van der Waals surface area contributed by atoms with Gasteiger partial charge in [0.15, 0.2) is 11.5 Å². The van der Waals surface area contributed by atoms with E-state index in [1.165, 1.54) is 11.8 Å². The van der Waals surface area contributed by atoms with E-state index in [0.717, 1.165) is 42.9 Å². The first-order valence-electron chi connectivity index (χ1n) is 9.34. The van der Waals surface area contributed by atoms with E-state index in [2.05, 4.69) is 50.0 Å². The molecule has 0 bridgehead atoms. The number of benzene rings is 1. The Morgan fingerprint density at radius 2 is 1.96 bits per heavy atom. The number of para-hydroxylation sites is 2. The van der Waals surface area contributed by atoms with Gasteiger partial charge in [-0.3, -0.25) is 0 Å². The van der Waals surface area contributed by atoms with Crippen molar-refractivity contribution >= 4 is 28.0 Å². The zero-order chi connectivity index (χ0) is 18.4. The normalized spacial score (nSPS) is 16.9. The van der Waals surface area contributed by atoms with Gasteiger partial charge in [-0.1, -0.05) is 12.1 Å². The van der Waals surface area contributed by atoms with Gasteiger partial charge in [-0.15, -0.1) is 0 Å². The number of hydrogen-bond donors (Lipinski definition) is 2. The third-order valence-electron chi connectivity index (χ3n) is 5.47. The first-order valence-corrected chi connectivity index (χ1v) is 9.34. The van der Waals surface area contributed by atoms with Crippen LogP contribution in [0.2, 0.25) is 0 Å². The van der Waals surface area contributed by atoms with E-state index in [1.54, 1.807) is 6.33 Å². The van der Waals surface area contributed by atoms with Gasteiger partial charge in [0.2, 0.25) is 0 Å². The summed E-state index contributed by atoms with van der Waals surface area (Å²) in [5.74, 6) is 1.43. The van der Waals surface area contributed by atoms with Gasteiger partial charge in [0.25, 0.3) is 0 Å². The number of anilines is 1. The number of imidazole rings is 2. The largest absolute Gasteiger partial charge is 0.382 e. The van der Waals surface area contributed by atoms with E-state index in [4.69, 9.17) is 10.7 Å². The van der Waals surface area contributed by atoms with Crippen molar-refractivity contribution in [2.45, 2.75) is 31.8 Å². The summed E-state index contributed by atoms with van der Waals surface area (Å²) in [4.78, 5) is 17.9. The van der Waals surface area contributed by atoms with Crippen LogP contribution in [0.5, 0.6) is 0 Å². The first-order chi connectivity index (χ1) is 13.2. The molecule has 138 valence electrons. The number of piperidine rings is 1. The van der Waals surface area contributed by atoms with E-state index in [-0.39, 0.29) is 6.04 Å². The van der Waals surface area contributed by atoms with Gasteiger partial charge in [0, 0.05) is 6.04 Å². The molecular weight excluding hydrogens is 340 g/mol. The smallest absolute Gasteiger partial charge is 0.166 e. The predicted octanol–water partition coefficient (Wildman–Crippen LogP) is 2.29. The third kappa shape index (κ3) is 2.56. The average Bonchev–Trinajstić information content (AvgIpc) is 3.31. The van der Waals surface area contributed by atoms with Crippen molar-refractivity contribution < 1.29 is 0 Å². The molecule has 8 nitrogen and oxygen atoms in total. The minimum Gasteiger partial charge on any atom is -0.382 e. The molecule has 1 aliphatic heterocycles. The van der Waals surface area contributed by atoms with E-state index >= 15 is 0 Å². The fourth-order valence-electron chi connectivity index (χ4n) is 4.08. The van der Waals surface area contributed by atoms with E-state index in [9.17, 15) is 0 Å². The molecule has 1 saturated heterocycles. The second kappa shape index (κ2) is 6.31. The van der Waals surface area contributed by atoms with Gasteiger partial charge in [0.1, 0.15) is 17.7 Å². The van der Waals surface area contributed by atoms with Gasteiger partial charge in [-0.25, -0.2) is 19.9 Å². The minimum absolute atomic E-state index is 0.0217. The van der Waals surface area contributed by atoms with Crippen molar-refractivity contribution in [1.82, 2.24) is 34.4 Å². The van der Waals surface area contributed by atoms with Crippen LogP contribution in [-0.2, 0) is 0 Å². The van der Waals surface area contributed by atoms with E-state index in [0.29, 0.717) is 17.4 Å². The van der Waals surface area contributed by atoms with Crippen LogP contribution in [0, 0.1) is 0 Å². The lowest BCUT2D eigenvalue weighted by molar-refractivity contribution is 0.359. The Bertz CT molecular complexity index is 1110. The molecule has 27 heavy (non-hydrogen) atoms. The summed E-state index contributed by atoms with van der Waals surface area (Å²) in [6, 6.07) is 8.77. The third-order valence-corrected chi connectivity index (χ3v) is 5.47. The monoisotopic (exact) mass is 362 g/mol. The number of hydrogen-bond acceptors (Lipinski definition) is 6. The number of nitrogens with two attached hydrogens (primary N) is 1. The van der Waals surface area contributed by atoms with Crippen LogP contribution < -0.4 is 11.1 Å². The molecule has 1 aromatic carbocycles. The average molecular weight is 362 g/mol. The zero-order valence-electron chi connectivity index (χ0n) is 15.2. The Morgan fingerprint density at radius 1 is 1.15 bits per heavy atom. The van der Waals surface area contributed by atoms with Crippen LogP contribution in [0.3, 0.4) is 0 Å². The maximum absolute atomic E-state index is 5.96. The molecule has 4 aromatic rings. The lowest BCUT2D eigenvalue weighted by Crippen LogP contribution is -2.30. The Hall–Kier alpha value is -3.00. The molecule has 0 saturated carbocycles. The fourth-order valence-corrected chi connectivity index (χ4v) is 4.08. The quantitative estimate of drug-likeness (QED) is 0.580. The summed E-state index contributed by atoms with van der Waals surface area (Å²) in [5.41, 5.74) is 9.54. The number of rotatable bonds is 3. The van der Waals surface area contributed by atoms with Gasteiger partial charge in [0.05, 0.1) is 23.4 Å². The summed E-state index contributed by atoms with van der Waals surface area (Å²) in [5, 5.41) is 3.45. The minimum atomic E-state index is -0.0217. The predicted molar refractivity (Wildman–Crippen MR) is 104 cm³/mol. The number of fused-ring (bicyclic) bond motifs is 2. The van der Waals surface area contributed by atoms with Gasteiger partial charge < -0.3 is 20.2 Å². The van der Waals surface area contributed by atoms with Gasteiger partial charge in [-0.05, 0) is 45.0 Å². The molecule has 1 aliphatic rings. The molecule has 3 N–H and O–H groups in total. The Balaban J connectivity index is 1.68. The van der Waals surface area contributed by atoms with Gasteiger partial charge >= 0.3 is 0 Å². The molecule has 0 spiro atoms. The Labute approximate surface area is 156 Å². The van der Waals surface area contributed by atoms with Crippen LogP contribution in [0.25, 0.3) is 22.2 Å². The maximum atomic E-state index is 5.96. The SMILES string of the molecule is CC(c1nc2ccccc2n1C1CCNCC1)n1cnc2c(N)ncnc21. The van der Waals surface area contributed by atoms with Crippen molar-refractivity contribution in [3.8, 4) is 0 Å². The molecule has 8 heteroatoms. The van der Waals surface area contributed by atoms with Crippen LogP contribution in [0.15, 0.2) is 36.9 Å². The van der Waals surface area contributed by atoms with Crippen LogP contribution in [0.1, 0.15) is 37.7 Å². The lowest BCUT2D eigenvalue weighted by Gasteiger charge is -2.28. The molecule has 5 rings (SSSR count). The van der Waals surface area contributed by atoms with Crippen LogP contribution >= 0.6 is 0 Å². The van der Waals surface area contributed by atoms with Crippen molar-refractivity contribution in [3.05, 3.63) is 42.7 Å². The second-order valence-electron chi connectivity index (χ2n) is 7.07. The molecule has 0 radical (unpaired) electrons. The molecule has 4 heterocycles. The Kier molecular flexibility index (Phi) is 3.78. The summed E-state index contributed by atoms with van der Waals surface area (Å²) in [7, 11) is 0. The highest BCUT2D eigenvalue weighted by molar-refractivity contribution is 5.81. The van der Waals surface area contributed by atoms with Crippen LogP contribution in [-0.4, -0.2) is 42.2 Å². The fraction of sp³-hybridized carbons (Fsp3) is 0.368. The number of aromatic nitrogens is 6. The van der Waals surface area contributed by atoms with Crippen molar-refractivity contribution in [1.29, 1.82) is 0 Å². The maximum Gasteiger partial charge on any atom is 0.166 e. The lowest BCUT2D eigenvalue weighted by atomic mass is 10.1. The van der Waals surface area contributed by atoms with E-state index in [1.807, 2.05) is 10.6 Å². The van der Waals surface area contributed by atoms with Crippen LogP contribution in [0.4, 0.5) is 5.82 Å². The van der Waals surface area contributed by atoms with Gasteiger partial charge in [-0.2, -0.15) is 0 Å². The Morgan fingerprint density at radius 3 is 2.81 bits per heavy atom. The highest BCUT2D eigenvalue weighted by Gasteiger charge is 2.26. The first kappa shape index (κ1) is 16.2. The van der Waals surface area contributed by atoms with Crippen molar-refractivity contribution in [2.24, 2.45) is 0 Å². The zero-order valence-corrected chi connectivity index (χ0v) is 15.2. The number of nitrogens with one attached hydrogen (secondary N) is 1. The molecule has 1 atom stereocenters. The van der Waals surface area contributed by atoms with Crippen molar-refractivity contribution in [3.63, 3.8) is 0 Å². The van der Waals surface area contributed by atoms with Crippen molar-refractivity contribution in [2.75, 3.05) is 18.8 Å². The summed E-state index contributed by atoms with van der Waals surface area (Å²) in [6.45, 7) is 4.20. The molecule has 0 aliphatic carbocycles. The topological polar surface area (TPSA) is 99.5 Å². The highest BCUT2D eigenvalue weighted by atomic mass is 15.2. The standard InChI is InChI=1S/C19H22N8/c1-12(26-11-24-16-17(20)22-10-23-19(16)26)18-25-14-4-2-3-5-15(14)27(18)13-6-8-21-9-7-13/h2-5,10-13,21H,6-9H2,1H3,(H2,20,22,23). The summed E-state index contributed by atoms with van der Waals surface area (Å²) < 4.78 is 4.45. The summed E-state index contributed by atoms with van der Waals surface area (Å²) in [6.07, 6.45) is 5.46. The van der Waals surface area contributed by atoms with E-state index < -0.39 is 0 Å². The summed E-state index contributed by atoms with van der Waals surface area (Å²) >= 11 is 0. The molecule has 3 aromatic heterocycles. The molecule has 0 amide bonds.